The third-order valence-corrected chi connectivity index (χ3v) is 4.05. The smallest absolute Gasteiger partial charge is 0.139 e. The molecule has 1 aromatic rings. The van der Waals surface area contributed by atoms with Crippen LogP contribution >= 0.6 is 11.6 Å². The molecule has 1 aromatic carbocycles. The molecule has 3 heteroatoms. The number of carbonyl (C=O) groups is 1. The van der Waals surface area contributed by atoms with E-state index >= 15 is 0 Å². The fourth-order valence-electron chi connectivity index (χ4n) is 2.90. The van der Waals surface area contributed by atoms with E-state index in [9.17, 15) is 9.18 Å². The molecule has 0 amide bonds. The van der Waals surface area contributed by atoms with Crippen LogP contribution < -0.4 is 0 Å². The van der Waals surface area contributed by atoms with Gasteiger partial charge < -0.3 is 0 Å². The van der Waals surface area contributed by atoms with E-state index in [4.69, 9.17) is 11.6 Å². The summed E-state index contributed by atoms with van der Waals surface area (Å²) in [5.74, 6) is -0.00777. The Labute approximate surface area is 112 Å². The Balaban J connectivity index is 2.29. The zero-order valence-corrected chi connectivity index (χ0v) is 11.5. The number of Topliss-reactive ketones (excluding diaryl/α,β-unsaturated/α-hetero) is 1. The highest BCUT2D eigenvalue weighted by atomic mass is 35.5. The molecule has 2 rings (SSSR count). The molecule has 2 atom stereocenters. The molecule has 1 fully saturated rings. The zero-order chi connectivity index (χ0) is 13.3. The summed E-state index contributed by atoms with van der Waals surface area (Å²) < 4.78 is 13.9. The minimum absolute atomic E-state index is 0.0194. The highest BCUT2D eigenvalue weighted by molar-refractivity contribution is 6.30. The maximum atomic E-state index is 13.9. The van der Waals surface area contributed by atoms with Crippen molar-refractivity contribution >= 4 is 17.4 Å². The molecular formula is C15H18ClFO. The van der Waals surface area contributed by atoms with Crippen LogP contribution in [0.3, 0.4) is 0 Å². The summed E-state index contributed by atoms with van der Waals surface area (Å²) in [5, 5.41) is 0.404. The summed E-state index contributed by atoms with van der Waals surface area (Å²) in [6, 6.07) is 4.77. The van der Waals surface area contributed by atoms with Gasteiger partial charge in [0.05, 0.1) is 0 Å². The lowest BCUT2D eigenvalue weighted by Gasteiger charge is -2.21. The first-order valence-electron chi connectivity index (χ1n) is 6.49. The molecule has 1 aliphatic rings. The zero-order valence-electron chi connectivity index (χ0n) is 10.7. The molecule has 18 heavy (non-hydrogen) atoms. The summed E-state index contributed by atoms with van der Waals surface area (Å²) in [5.41, 5.74) is 0.649. The second kappa shape index (κ2) is 5.40. The van der Waals surface area contributed by atoms with E-state index < -0.39 is 0 Å². The number of rotatable bonds is 3. The molecule has 0 N–H and O–H groups in total. The minimum atomic E-state index is -0.282. The molecule has 0 unspecified atom stereocenters. The van der Waals surface area contributed by atoms with Gasteiger partial charge in [0.1, 0.15) is 11.6 Å². The first-order valence-corrected chi connectivity index (χ1v) is 6.87. The monoisotopic (exact) mass is 268 g/mol. The maximum absolute atomic E-state index is 13.9. The van der Waals surface area contributed by atoms with E-state index in [0.717, 1.165) is 19.3 Å². The van der Waals surface area contributed by atoms with Gasteiger partial charge in [0.2, 0.25) is 0 Å². The SMILES string of the molecule is CC(C)C(=O)[C@H]1CCC[C@@H]1c1ccc(Cl)cc1F. The summed E-state index contributed by atoms with van der Waals surface area (Å²) in [6.07, 6.45) is 2.77. The van der Waals surface area contributed by atoms with Crippen molar-refractivity contribution in [2.75, 3.05) is 0 Å². The lowest BCUT2D eigenvalue weighted by Crippen LogP contribution is -2.22. The lowest BCUT2D eigenvalue weighted by atomic mass is 9.82. The maximum Gasteiger partial charge on any atom is 0.139 e. The standard InChI is InChI=1S/C15H18ClFO/c1-9(2)15(18)13-5-3-4-11(13)12-7-6-10(16)8-14(12)17/h6-9,11,13H,3-5H2,1-2H3/t11-,13+/m1/s1. The van der Waals surface area contributed by atoms with Gasteiger partial charge in [0.15, 0.2) is 0 Å². The third kappa shape index (κ3) is 2.59. The number of benzene rings is 1. The van der Waals surface area contributed by atoms with Gasteiger partial charge in [-0.15, -0.1) is 0 Å². The Hall–Kier alpha value is -0.890. The predicted octanol–water partition coefficient (Wildman–Crippen LogP) is 4.59. The number of carbonyl (C=O) groups excluding carboxylic acids is 1. The largest absolute Gasteiger partial charge is 0.299 e. The van der Waals surface area contributed by atoms with Crippen LogP contribution in [0.2, 0.25) is 5.02 Å². The van der Waals surface area contributed by atoms with Crippen LogP contribution in [-0.2, 0) is 4.79 Å². The molecule has 0 aliphatic heterocycles. The highest BCUT2D eigenvalue weighted by Crippen LogP contribution is 2.42. The topological polar surface area (TPSA) is 17.1 Å². The Bertz CT molecular complexity index is 456. The number of hydrogen-bond donors (Lipinski definition) is 0. The summed E-state index contributed by atoms with van der Waals surface area (Å²) in [6.45, 7) is 3.83. The van der Waals surface area contributed by atoms with Crippen molar-refractivity contribution in [1.82, 2.24) is 0 Å². The van der Waals surface area contributed by atoms with Gasteiger partial charge in [0.25, 0.3) is 0 Å². The van der Waals surface area contributed by atoms with E-state index in [0.29, 0.717) is 10.6 Å². The van der Waals surface area contributed by atoms with E-state index in [1.807, 2.05) is 13.8 Å². The number of hydrogen-bond acceptors (Lipinski definition) is 1. The average Bonchev–Trinajstić information content (AvgIpc) is 2.76. The molecular weight excluding hydrogens is 251 g/mol. The molecule has 98 valence electrons. The fraction of sp³-hybridized carbons (Fsp3) is 0.533. The summed E-state index contributed by atoms with van der Waals surface area (Å²) in [4.78, 5) is 12.2. The lowest BCUT2D eigenvalue weighted by molar-refractivity contribution is -0.126. The van der Waals surface area contributed by atoms with Gasteiger partial charge in [-0.3, -0.25) is 4.79 Å². The third-order valence-electron chi connectivity index (χ3n) is 3.81. The van der Waals surface area contributed by atoms with Gasteiger partial charge in [-0.25, -0.2) is 4.39 Å². The number of halogens is 2. The van der Waals surface area contributed by atoms with E-state index in [1.54, 1.807) is 12.1 Å². The second-order valence-electron chi connectivity index (χ2n) is 5.37. The van der Waals surface area contributed by atoms with Gasteiger partial charge in [-0.2, -0.15) is 0 Å². The van der Waals surface area contributed by atoms with E-state index in [-0.39, 0.29) is 29.4 Å². The summed E-state index contributed by atoms with van der Waals surface area (Å²) >= 11 is 5.77. The quantitative estimate of drug-likeness (QED) is 0.784. The van der Waals surface area contributed by atoms with Gasteiger partial charge in [0, 0.05) is 16.9 Å². The highest BCUT2D eigenvalue weighted by Gasteiger charge is 2.35. The van der Waals surface area contributed by atoms with Crippen molar-refractivity contribution in [2.45, 2.75) is 39.0 Å². The molecule has 0 saturated heterocycles. The predicted molar refractivity (Wildman–Crippen MR) is 71.3 cm³/mol. The van der Waals surface area contributed by atoms with Crippen molar-refractivity contribution in [3.63, 3.8) is 0 Å². The van der Waals surface area contributed by atoms with E-state index in [1.165, 1.54) is 6.07 Å². The van der Waals surface area contributed by atoms with Crippen LogP contribution in [0.5, 0.6) is 0 Å². The molecule has 0 spiro atoms. The molecule has 0 aromatic heterocycles. The van der Waals surface area contributed by atoms with Crippen molar-refractivity contribution in [3.05, 3.63) is 34.6 Å². The van der Waals surface area contributed by atoms with Crippen LogP contribution in [-0.4, -0.2) is 5.78 Å². The summed E-state index contributed by atoms with van der Waals surface area (Å²) in [7, 11) is 0. The van der Waals surface area contributed by atoms with Crippen molar-refractivity contribution in [1.29, 1.82) is 0 Å². The normalized spacial score (nSPS) is 23.6. The molecule has 0 radical (unpaired) electrons. The number of ketones is 1. The van der Waals surface area contributed by atoms with Gasteiger partial charge >= 0.3 is 0 Å². The first-order chi connectivity index (χ1) is 8.50. The molecule has 1 nitrogen and oxygen atoms in total. The molecule has 1 saturated carbocycles. The van der Waals surface area contributed by atoms with E-state index in [2.05, 4.69) is 0 Å². The van der Waals surface area contributed by atoms with Crippen LogP contribution in [0.4, 0.5) is 4.39 Å². The van der Waals surface area contributed by atoms with Crippen LogP contribution in [0, 0.1) is 17.7 Å². The van der Waals surface area contributed by atoms with Gasteiger partial charge in [-0.05, 0) is 36.5 Å². The molecule has 0 heterocycles. The Morgan fingerprint density at radius 3 is 2.72 bits per heavy atom. The molecule has 0 bridgehead atoms. The van der Waals surface area contributed by atoms with Gasteiger partial charge in [-0.1, -0.05) is 37.9 Å². The first kappa shape index (κ1) is 13.5. The van der Waals surface area contributed by atoms with Crippen LogP contribution in [0.15, 0.2) is 18.2 Å². The Morgan fingerprint density at radius 2 is 2.11 bits per heavy atom. The Morgan fingerprint density at radius 1 is 1.39 bits per heavy atom. The second-order valence-corrected chi connectivity index (χ2v) is 5.80. The average molecular weight is 269 g/mol. The van der Waals surface area contributed by atoms with Crippen molar-refractivity contribution in [2.24, 2.45) is 11.8 Å². The Kier molecular flexibility index (Phi) is 4.06. The fourth-order valence-corrected chi connectivity index (χ4v) is 3.06. The van der Waals surface area contributed by atoms with Crippen molar-refractivity contribution in [3.8, 4) is 0 Å². The molecule has 1 aliphatic carbocycles. The van der Waals surface area contributed by atoms with Crippen LogP contribution in [0.25, 0.3) is 0 Å². The minimum Gasteiger partial charge on any atom is -0.299 e. The van der Waals surface area contributed by atoms with Crippen molar-refractivity contribution < 1.29 is 9.18 Å². The van der Waals surface area contributed by atoms with Crippen LogP contribution in [0.1, 0.15) is 44.6 Å².